The molecule has 0 saturated heterocycles. The average Bonchev–Trinajstić information content (AvgIpc) is 3.29. The van der Waals surface area contributed by atoms with Gasteiger partial charge in [0.05, 0.1) is 15.2 Å². The van der Waals surface area contributed by atoms with Gasteiger partial charge in [-0.1, -0.05) is 48.2 Å². The minimum atomic E-state index is -0.183. The van der Waals surface area contributed by atoms with Crippen molar-refractivity contribution in [3.05, 3.63) is 79.2 Å². The maximum absolute atomic E-state index is 12.7. The summed E-state index contributed by atoms with van der Waals surface area (Å²) >= 11 is 2.82. The van der Waals surface area contributed by atoms with Gasteiger partial charge in [-0.05, 0) is 42.3 Å². The van der Waals surface area contributed by atoms with E-state index < -0.39 is 0 Å². The number of allylic oxidation sites excluding steroid dienone is 1. The highest BCUT2D eigenvalue weighted by Gasteiger charge is 2.22. The normalized spacial score (nSPS) is 14.4. The number of aromatic nitrogens is 1. The molecule has 0 unspecified atom stereocenters. The van der Waals surface area contributed by atoms with Gasteiger partial charge >= 0.3 is 0 Å². The molecule has 0 aliphatic carbocycles. The van der Waals surface area contributed by atoms with Crippen LogP contribution in [0.4, 0.5) is 5.69 Å². The molecule has 2 heterocycles. The van der Waals surface area contributed by atoms with Gasteiger partial charge in [0.2, 0.25) is 0 Å². The Morgan fingerprint density at radius 1 is 1.06 bits per heavy atom. The first kappa shape index (κ1) is 20.7. The van der Waals surface area contributed by atoms with Crippen LogP contribution in [-0.2, 0) is 6.54 Å². The zero-order valence-electron chi connectivity index (χ0n) is 17.0. The molecule has 1 aromatic heterocycles. The lowest BCUT2D eigenvalue weighted by Crippen LogP contribution is -2.31. The lowest BCUT2D eigenvalue weighted by molar-refractivity contribution is 0.722. The zero-order valence-corrected chi connectivity index (χ0v) is 18.6. The van der Waals surface area contributed by atoms with Crippen LogP contribution < -0.4 is 19.7 Å². The van der Waals surface area contributed by atoms with Crippen molar-refractivity contribution in [3.63, 3.8) is 0 Å². The molecule has 2 aromatic carbocycles. The second-order valence-electron chi connectivity index (χ2n) is 6.80. The molecule has 0 atom stereocenters. The van der Waals surface area contributed by atoms with Gasteiger partial charge in [0.1, 0.15) is 16.8 Å². The molecule has 0 amide bonds. The Morgan fingerprint density at radius 2 is 1.81 bits per heavy atom. The second kappa shape index (κ2) is 8.69. The summed E-state index contributed by atoms with van der Waals surface area (Å²) in [4.78, 5) is 16.0. The molecule has 0 bridgehead atoms. The highest BCUT2D eigenvalue weighted by atomic mass is 32.2. The first-order chi connectivity index (χ1) is 15.1. The number of benzene rings is 2. The molecule has 152 valence electrons. The van der Waals surface area contributed by atoms with Crippen LogP contribution in [-0.4, -0.2) is 11.6 Å². The van der Waals surface area contributed by atoms with E-state index in [1.807, 2.05) is 50.4 Å². The number of thioether (sulfide) groups is 1. The van der Waals surface area contributed by atoms with Crippen molar-refractivity contribution in [2.24, 2.45) is 0 Å². The number of thiazole rings is 1. The standard InChI is InChI=1S/C24H18N4OS2/c1-3-28-23(29)21(31-24(28)18(14-25)15-26)11-12-22-27(2)19-13-17(9-10-20(19)30-22)16-7-5-4-6-8-16/h4-13H,3H2,1-2H3. The monoisotopic (exact) mass is 442 g/mol. The molecule has 0 N–H and O–H groups in total. The van der Waals surface area contributed by atoms with Gasteiger partial charge in [-0.15, -0.1) is 11.3 Å². The number of nitriles is 2. The highest BCUT2D eigenvalue weighted by Crippen LogP contribution is 2.46. The minimum Gasteiger partial charge on any atom is -0.338 e. The summed E-state index contributed by atoms with van der Waals surface area (Å²) in [6.45, 7) is 2.23. The lowest BCUT2D eigenvalue weighted by atomic mass is 10.1. The van der Waals surface area contributed by atoms with Crippen molar-refractivity contribution in [3.8, 4) is 23.3 Å². The Hall–Kier alpha value is -3.52. The van der Waals surface area contributed by atoms with E-state index in [1.165, 1.54) is 21.5 Å². The number of nitrogens with zero attached hydrogens (tertiary/aromatic N) is 4. The van der Waals surface area contributed by atoms with Crippen LogP contribution in [0.15, 0.2) is 69.3 Å². The zero-order chi connectivity index (χ0) is 22.0. The number of hydrogen-bond donors (Lipinski definition) is 0. The molecule has 1 aliphatic rings. The summed E-state index contributed by atoms with van der Waals surface area (Å²) in [6, 6.07) is 20.4. The van der Waals surface area contributed by atoms with E-state index >= 15 is 0 Å². The Labute approximate surface area is 188 Å². The Morgan fingerprint density at radius 3 is 2.48 bits per heavy atom. The van der Waals surface area contributed by atoms with Crippen molar-refractivity contribution in [1.82, 2.24) is 4.57 Å². The maximum atomic E-state index is 12.7. The van der Waals surface area contributed by atoms with Crippen molar-refractivity contribution < 1.29 is 0 Å². The molecule has 5 nitrogen and oxygen atoms in total. The first-order valence-electron chi connectivity index (χ1n) is 9.64. The summed E-state index contributed by atoms with van der Waals surface area (Å²) < 4.78 is 2.39. The third-order valence-electron chi connectivity index (χ3n) is 5.01. The molecule has 31 heavy (non-hydrogen) atoms. The minimum absolute atomic E-state index is 0.0375. The number of hydrogen-bond acceptors (Lipinski definition) is 6. The van der Waals surface area contributed by atoms with E-state index in [2.05, 4.69) is 35.2 Å². The van der Waals surface area contributed by atoms with Crippen LogP contribution in [0.5, 0.6) is 0 Å². The molecule has 3 aromatic rings. The number of fused-ring (bicyclic) bond motifs is 1. The van der Waals surface area contributed by atoms with Gasteiger partial charge in [0, 0.05) is 18.5 Å². The summed E-state index contributed by atoms with van der Waals surface area (Å²) in [6.07, 6.45) is 3.69. The molecule has 0 radical (unpaired) electrons. The van der Waals surface area contributed by atoms with Crippen LogP contribution in [0.2, 0.25) is 0 Å². The Balaban J connectivity index is 1.74. The van der Waals surface area contributed by atoms with Crippen LogP contribution >= 0.6 is 23.1 Å². The van der Waals surface area contributed by atoms with Gasteiger partial charge in [-0.3, -0.25) is 9.36 Å². The van der Waals surface area contributed by atoms with Crippen LogP contribution in [0, 0.1) is 22.7 Å². The van der Waals surface area contributed by atoms with Gasteiger partial charge in [-0.25, -0.2) is 0 Å². The summed E-state index contributed by atoms with van der Waals surface area (Å²) in [5.41, 5.74) is 3.22. The van der Waals surface area contributed by atoms with E-state index in [-0.39, 0.29) is 11.1 Å². The fourth-order valence-electron chi connectivity index (χ4n) is 3.40. The van der Waals surface area contributed by atoms with Gasteiger partial charge in [0.25, 0.3) is 5.56 Å². The predicted molar refractivity (Wildman–Crippen MR) is 127 cm³/mol. The Bertz CT molecular complexity index is 1430. The van der Waals surface area contributed by atoms with Crippen molar-refractivity contribution in [1.29, 1.82) is 10.5 Å². The highest BCUT2D eigenvalue weighted by molar-refractivity contribution is 8.03. The summed E-state index contributed by atoms with van der Waals surface area (Å²) in [7, 11) is 2.01. The largest absolute Gasteiger partial charge is 0.338 e. The predicted octanol–water partition coefficient (Wildman–Crippen LogP) is 3.66. The van der Waals surface area contributed by atoms with Gasteiger partial charge in [-0.2, -0.15) is 10.5 Å². The molecular formula is C24H18N4OS2. The van der Waals surface area contributed by atoms with Gasteiger partial charge < -0.3 is 4.90 Å². The maximum Gasteiger partial charge on any atom is 0.269 e. The number of rotatable bonds is 3. The Kier molecular flexibility index (Phi) is 5.81. The van der Waals surface area contributed by atoms with E-state index in [9.17, 15) is 15.3 Å². The fraction of sp³-hybridized carbons (Fsp3) is 0.125. The third kappa shape index (κ3) is 3.82. The van der Waals surface area contributed by atoms with Crippen molar-refractivity contribution in [2.45, 2.75) is 18.4 Å². The van der Waals surface area contributed by atoms with E-state index in [0.717, 1.165) is 21.2 Å². The SMILES string of the molecule is CCn1c(=C(C#N)C#N)sc(=CC=C2Sc3ccc(-c4ccccc4)cc3N2C)c1=O. The van der Waals surface area contributed by atoms with Crippen molar-refractivity contribution in [2.75, 3.05) is 11.9 Å². The fourth-order valence-corrected chi connectivity index (χ4v) is 5.49. The quantitative estimate of drug-likeness (QED) is 0.619. The first-order valence-corrected chi connectivity index (χ1v) is 11.3. The van der Waals surface area contributed by atoms with Crippen LogP contribution in [0.3, 0.4) is 0 Å². The van der Waals surface area contributed by atoms with Crippen LogP contribution in [0.25, 0.3) is 22.8 Å². The average molecular weight is 443 g/mol. The number of anilines is 1. The third-order valence-corrected chi connectivity index (χ3v) is 7.34. The van der Waals surface area contributed by atoms with E-state index in [0.29, 0.717) is 15.7 Å². The van der Waals surface area contributed by atoms with Gasteiger partial charge in [0.15, 0.2) is 5.57 Å². The molecule has 0 spiro atoms. The smallest absolute Gasteiger partial charge is 0.269 e. The molecule has 1 aliphatic heterocycles. The van der Waals surface area contributed by atoms with Crippen LogP contribution in [0.1, 0.15) is 6.92 Å². The topological polar surface area (TPSA) is 72.8 Å². The second-order valence-corrected chi connectivity index (χ2v) is 8.89. The molecule has 0 saturated carbocycles. The molecule has 4 rings (SSSR count). The van der Waals surface area contributed by atoms with Crippen molar-refractivity contribution >= 4 is 40.4 Å². The lowest BCUT2D eigenvalue weighted by Gasteiger charge is -2.14. The molecule has 0 fully saturated rings. The molecule has 7 heteroatoms. The molecular weight excluding hydrogens is 424 g/mol. The van der Waals surface area contributed by atoms with E-state index in [4.69, 9.17) is 0 Å². The summed E-state index contributed by atoms with van der Waals surface area (Å²) in [5, 5.41) is 19.4. The summed E-state index contributed by atoms with van der Waals surface area (Å²) in [5.74, 6) is 0. The van der Waals surface area contributed by atoms with E-state index in [1.54, 1.807) is 17.8 Å².